The highest BCUT2D eigenvalue weighted by Gasteiger charge is 2.04. The molecule has 0 heterocycles. The summed E-state index contributed by atoms with van der Waals surface area (Å²) in [4.78, 5) is 20.3. The monoisotopic (exact) mass is 259 g/mol. The summed E-state index contributed by atoms with van der Waals surface area (Å²) in [6.45, 7) is 0.902. The molecule has 0 atom stereocenters. The SMILES string of the molecule is CN(C)Cc1ccccc1Cl.O=C(O)C(=O)O. The van der Waals surface area contributed by atoms with Crippen LogP contribution in [0.2, 0.25) is 5.02 Å². The maximum atomic E-state index is 9.10. The lowest BCUT2D eigenvalue weighted by molar-refractivity contribution is -0.159. The van der Waals surface area contributed by atoms with E-state index in [1.54, 1.807) is 0 Å². The van der Waals surface area contributed by atoms with E-state index >= 15 is 0 Å². The van der Waals surface area contributed by atoms with Gasteiger partial charge in [0.05, 0.1) is 0 Å². The van der Waals surface area contributed by atoms with E-state index in [2.05, 4.69) is 4.90 Å². The van der Waals surface area contributed by atoms with Gasteiger partial charge in [0.15, 0.2) is 0 Å². The first-order valence-electron chi connectivity index (χ1n) is 4.69. The normalized spacial score (nSPS) is 9.41. The van der Waals surface area contributed by atoms with Gasteiger partial charge < -0.3 is 15.1 Å². The average molecular weight is 260 g/mol. The van der Waals surface area contributed by atoms with Crippen LogP contribution in [0.5, 0.6) is 0 Å². The van der Waals surface area contributed by atoms with Crippen molar-refractivity contribution in [1.82, 2.24) is 4.90 Å². The fourth-order valence-corrected chi connectivity index (χ4v) is 1.16. The number of carboxylic acids is 2. The van der Waals surface area contributed by atoms with Crippen molar-refractivity contribution in [3.8, 4) is 0 Å². The molecule has 0 aliphatic rings. The molecule has 0 aliphatic carbocycles. The second-order valence-corrected chi connectivity index (χ2v) is 3.85. The third kappa shape index (κ3) is 7.32. The number of benzene rings is 1. The van der Waals surface area contributed by atoms with Crippen LogP contribution in [-0.4, -0.2) is 41.1 Å². The van der Waals surface area contributed by atoms with E-state index < -0.39 is 11.9 Å². The van der Waals surface area contributed by atoms with Gasteiger partial charge in [0.25, 0.3) is 0 Å². The van der Waals surface area contributed by atoms with Crippen molar-refractivity contribution in [3.63, 3.8) is 0 Å². The van der Waals surface area contributed by atoms with Crippen molar-refractivity contribution in [2.45, 2.75) is 6.54 Å². The highest BCUT2D eigenvalue weighted by Crippen LogP contribution is 2.15. The summed E-state index contributed by atoms with van der Waals surface area (Å²) in [5, 5.41) is 15.6. The van der Waals surface area contributed by atoms with E-state index in [1.165, 1.54) is 5.56 Å². The number of hydrogen-bond acceptors (Lipinski definition) is 3. The molecule has 0 bridgehead atoms. The highest BCUT2D eigenvalue weighted by atomic mass is 35.5. The number of aliphatic carboxylic acids is 2. The maximum absolute atomic E-state index is 9.10. The van der Waals surface area contributed by atoms with E-state index in [1.807, 2.05) is 38.4 Å². The first kappa shape index (κ1) is 15.4. The Labute approximate surface area is 104 Å². The van der Waals surface area contributed by atoms with E-state index in [4.69, 9.17) is 31.4 Å². The molecule has 17 heavy (non-hydrogen) atoms. The van der Waals surface area contributed by atoms with Gasteiger partial charge in [-0.25, -0.2) is 9.59 Å². The summed E-state index contributed by atoms with van der Waals surface area (Å²) in [5.41, 5.74) is 1.18. The molecule has 0 spiro atoms. The topological polar surface area (TPSA) is 77.8 Å². The second-order valence-electron chi connectivity index (χ2n) is 3.44. The summed E-state index contributed by atoms with van der Waals surface area (Å²) in [5.74, 6) is -3.65. The zero-order chi connectivity index (χ0) is 13.4. The van der Waals surface area contributed by atoms with Gasteiger partial charge >= 0.3 is 11.9 Å². The molecule has 0 aromatic heterocycles. The Morgan fingerprint density at radius 3 is 2.00 bits per heavy atom. The molecule has 0 saturated carbocycles. The molecule has 1 aromatic carbocycles. The van der Waals surface area contributed by atoms with Gasteiger partial charge in [-0.15, -0.1) is 0 Å². The fraction of sp³-hybridized carbons (Fsp3) is 0.273. The third-order valence-corrected chi connectivity index (χ3v) is 2.00. The zero-order valence-electron chi connectivity index (χ0n) is 9.55. The van der Waals surface area contributed by atoms with Gasteiger partial charge in [-0.05, 0) is 25.7 Å². The molecule has 2 N–H and O–H groups in total. The minimum atomic E-state index is -1.82. The molecule has 94 valence electrons. The van der Waals surface area contributed by atoms with Gasteiger partial charge in [0.1, 0.15) is 0 Å². The molecular weight excluding hydrogens is 246 g/mol. The minimum Gasteiger partial charge on any atom is -0.473 e. The smallest absolute Gasteiger partial charge is 0.414 e. The number of rotatable bonds is 2. The van der Waals surface area contributed by atoms with Crippen LogP contribution in [-0.2, 0) is 16.1 Å². The Morgan fingerprint density at radius 2 is 1.65 bits per heavy atom. The first-order chi connectivity index (χ1) is 7.84. The summed E-state index contributed by atoms with van der Waals surface area (Å²) < 4.78 is 0. The number of halogens is 1. The first-order valence-corrected chi connectivity index (χ1v) is 5.06. The van der Waals surface area contributed by atoms with Crippen LogP contribution in [0.3, 0.4) is 0 Å². The van der Waals surface area contributed by atoms with Crippen LogP contribution in [0.4, 0.5) is 0 Å². The Morgan fingerprint density at radius 1 is 1.18 bits per heavy atom. The maximum Gasteiger partial charge on any atom is 0.414 e. The van der Waals surface area contributed by atoms with Crippen LogP contribution in [0.15, 0.2) is 24.3 Å². The van der Waals surface area contributed by atoms with Crippen molar-refractivity contribution >= 4 is 23.5 Å². The van der Waals surface area contributed by atoms with Crippen molar-refractivity contribution < 1.29 is 19.8 Å². The molecule has 1 rings (SSSR count). The lowest BCUT2D eigenvalue weighted by atomic mass is 10.2. The van der Waals surface area contributed by atoms with Crippen LogP contribution in [0.25, 0.3) is 0 Å². The van der Waals surface area contributed by atoms with Gasteiger partial charge in [0, 0.05) is 11.6 Å². The number of nitrogens with zero attached hydrogens (tertiary/aromatic N) is 1. The average Bonchev–Trinajstić information content (AvgIpc) is 2.21. The van der Waals surface area contributed by atoms with Gasteiger partial charge in [-0.3, -0.25) is 0 Å². The molecular formula is C11H14ClNO4. The summed E-state index contributed by atoms with van der Waals surface area (Å²) in [7, 11) is 4.06. The standard InChI is InChI=1S/C9H12ClN.C2H2O4/c1-11(2)7-8-5-3-4-6-9(8)10;3-1(4)2(5)6/h3-6H,7H2,1-2H3;(H,3,4)(H,5,6). The van der Waals surface area contributed by atoms with Gasteiger partial charge in [-0.2, -0.15) is 0 Å². The Balaban J connectivity index is 0.000000366. The molecule has 0 fully saturated rings. The van der Waals surface area contributed by atoms with Crippen molar-refractivity contribution in [1.29, 1.82) is 0 Å². The van der Waals surface area contributed by atoms with Crippen molar-refractivity contribution in [3.05, 3.63) is 34.9 Å². The molecule has 0 radical (unpaired) electrons. The predicted octanol–water partition coefficient (Wildman–Crippen LogP) is 1.56. The molecule has 1 aromatic rings. The van der Waals surface area contributed by atoms with Crippen LogP contribution in [0, 0.1) is 0 Å². The van der Waals surface area contributed by atoms with Crippen molar-refractivity contribution in [2.24, 2.45) is 0 Å². The predicted molar refractivity (Wildman–Crippen MR) is 64.1 cm³/mol. The van der Waals surface area contributed by atoms with Crippen LogP contribution < -0.4 is 0 Å². The lowest BCUT2D eigenvalue weighted by Gasteiger charge is -2.10. The largest absolute Gasteiger partial charge is 0.473 e. The van der Waals surface area contributed by atoms with E-state index in [-0.39, 0.29) is 0 Å². The molecule has 6 heteroatoms. The quantitative estimate of drug-likeness (QED) is 0.788. The zero-order valence-corrected chi connectivity index (χ0v) is 10.3. The fourth-order valence-electron chi connectivity index (χ4n) is 0.967. The number of carboxylic acid groups (broad SMARTS) is 2. The molecule has 0 amide bonds. The third-order valence-electron chi connectivity index (χ3n) is 1.63. The van der Waals surface area contributed by atoms with Gasteiger partial charge in [-0.1, -0.05) is 29.8 Å². The molecule has 0 aliphatic heterocycles. The Bertz CT molecular complexity index is 381. The molecule has 5 nitrogen and oxygen atoms in total. The summed E-state index contributed by atoms with van der Waals surface area (Å²) in [6.07, 6.45) is 0. The van der Waals surface area contributed by atoms with E-state index in [0.29, 0.717) is 0 Å². The lowest BCUT2D eigenvalue weighted by Crippen LogP contribution is -2.10. The van der Waals surface area contributed by atoms with E-state index in [9.17, 15) is 0 Å². The van der Waals surface area contributed by atoms with Crippen molar-refractivity contribution in [2.75, 3.05) is 14.1 Å². The minimum absolute atomic E-state index is 0.848. The summed E-state index contributed by atoms with van der Waals surface area (Å²) >= 11 is 5.94. The highest BCUT2D eigenvalue weighted by molar-refractivity contribution is 6.31. The summed E-state index contributed by atoms with van der Waals surface area (Å²) in [6, 6.07) is 7.91. The molecule has 0 saturated heterocycles. The Kier molecular flexibility index (Phi) is 6.93. The van der Waals surface area contributed by atoms with Crippen LogP contribution in [0.1, 0.15) is 5.56 Å². The van der Waals surface area contributed by atoms with Crippen LogP contribution >= 0.6 is 11.6 Å². The van der Waals surface area contributed by atoms with Gasteiger partial charge in [0.2, 0.25) is 0 Å². The van der Waals surface area contributed by atoms with E-state index in [0.717, 1.165) is 11.6 Å². The second kappa shape index (κ2) is 7.65. The Hall–Kier alpha value is -1.59. The number of carbonyl (C=O) groups is 2. The molecule has 0 unspecified atom stereocenters. The number of hydrogen-bond donors (Lipinski definition) is 2.